The Morgan fingerprint density at radius 3 is 3.05 bits per heavy atom. The molecule has 3 rings (SSSR count). The van der Waals surface area contributed by atoms with Gasteiger partial charge in [0, 0.05) is 33.8 Å². The second kappa shape index (κ2) is 5.87. The van der Waals surface area contributed by atoms with Gasteiger partial charge in [0.25, 0.3) is 0 Å². The normalized spacial score (nSPS) is 20.1. The molecular formula is C12H12Br2N4S. The molecule has 0 saturated carbocycles. The highest BCUT2D eigenvalue weighted by Crippen LogP contribution is 2.40. The highest BCUT2D eigenvalue weighted by atomic mass is 79.9. The Kier molecular flexibility index (Phi) is 4.16. The summed E-state index contributed by atoms with van der Waals surface area (Å²) in [7, 11) is 0. The Morgan fingerprint density at radius 2 is 2.26 bits per heavy atom. The number of fused-ring (bicyclic) bond motifs is 1. The van der Waals surface area contributed by atoms with E-state index in [1.807, 2.05) is 6.20 Å². The zero-order chi connectivity index (χ0) is 13.2. The van der Waals surface area contributed by atoms with E-state index < -0.39 is 0 Å². The van der Waals surface area contributed by atoms with Crippen molar-refractivity contribution in [2.75, 3.05) is 11.4 Å². The molecule has 2 heterocycles. The first-order valence-electron chi connectivity index (χ1n) is 5.83. The molecule has 1 atom stereocenters. The summed E-state index contributed by atoms with van der Waals surface area (Å²) in [6.45, 7) is 1.67. The van der Waals surface area contributed by atoms with Crippen molar-refractivity contribution < 1.29 is 0 Å². The average molecular weight is 404 g/mol. The molecule has 0 saturated heterocycles. The van der Waals surface area contributed by atoms with Gasteiger partial charge in [-0.1, -0.05) is 28.1 Å². The van der Waals surface area contributed by atoms with E-state index in [2.05, 4.69) is 74.5 Å². The van der Waals surface area contributed by atoms with Crippen LogP contribution in [0.5, 0.6) is 0 Å². The molecule has 19 heavy (non-hydrogen) atoms. The first-order valence-corrected chi connectivity index (χ1v) is 8.22. The van der Waals surface area contributed by atoms with Gasteiger partial charge in [-0.3, -0.25) is 0 Å². The molecule has 7 heteroatoms. The molecule has 1 N–H and O–H groups in total. The number of nitrogens with one attached hydrogen (secondary N) is 1. The van der Waals surface area contributed by atoms with Gasteiger partial charge >= 0.3 is 0 Å². The zero-order valence-corrected chi connectivity index (χ0v) is 13.9. The summed E-state index contributed by atoms with van der Waals surface area (Å²) in [5, 5.41) is 0. The lowest BCUT2D eigenvalue weighted by Crippen LogP contribution is -2.31. The second-order valence-corrected chi connectivity index (χ2v) is 7.51. The Labute approximate surface area is 133 Å². The van der Waals surface area contributed by atoms with Crippen LogP contribution in [0.2, 0.25) is 0 Å². The second-order valence-electron chi connectivity index (χ2n) is 4.21. The number of para-hydroxylation sites is 1. The quantitative estimate of drug-likeness (QED) is 0.358. The zero-order valence-electron chi connectivity index (χ0n) is 9.96. The number of imidazole rings is 1. The number of H-pyrrole nitrogens is 1. The molecule has 100 valence electrons. The van der Waals surface area contributed by atoms with Crippen LogP contribution in [0, 0.1) is 0 Å². The summed E-state index contributed by atoms with van der Waals surface area (Å²) < 4.78 is 2.05. The predicted octanol–water partition coefficient (Wildman–Crippen LogP) is 3.77. The van der Waals surface area contributed by atoms with Gasteiger partial charge in [0.15, 0.2) is 0 Å². The molecule has 0 spiro atoms. The van der Waals surface area contributed by atoms with Crippen LogP contribution in [0.4, 0.5) is 5.69 Å². The largest absolute Gasteiger partial charge is 0.362 e. The molecule has 0 aliphatic carbocycles. The summed E-state index contributed by atoms with van der Waals surface area (Å²) in [5.74, 6) is 0. The molecule has 1 aliphatic rings. The van der Waals surface area contributed by atoms with Crippen LogP contribution >= 0.6 is 44.0 Å². The number of aromatic nitrogens is 2. The molecule has 0 fully saturated rings. The van der Waals surface area contributed by atoms with Crippen LogP contribution in [0.15, 0.2) is 41.7 Å². The van der Waals surface area contributed by atoms with E-state index in [4.69, 9.17) is 0 Å². The Bertz CT molecular complexity index is 548. The lowest BCUT2D eigenvalue weighted by molar-refractivity contribution is 0.663. The molecule has 2 aromatic rings. The van der Waals surface area contributed by atoms with Gasteiger partial charge in [-0.05, 0) is 24.1 Å². The molecule has 1 unspecified atom stereocenters. The minimum Gasteiger partial charge on any atom is -0.362 e. The number of hydrogen-bond donors (Lipinski definition) is 1. The minimum absolute atomic E-state index is 0.226. The maximum absolute atomic E-state index is 4.31. The number of rotatable bonds is 2. The van der Waals surface area contributed by atoms with Crippen molar-refractivity contribution in [2.24, 2.45) is 0 Å². The maximum atomic E-state index is 4.31. The van der Waals surface area contributed by atoms with E-state index >= 15 is 0 Å². The van der Waals surface area contributed by atoms with Crippen LogP contribution in [-0.4, -0.2) is 24.8 Å². The van der Waals surface area contributed by atoms with Crippen LogP contribution in [0.3, 0.4) is 0 Å². The van der Waals surface area contributed by atoms with Gasteiger partial charge in [-0.2, -0.15) is 3.33 Å². The Balaban J connectivity index is 1.93. The van der Waals surface area contributed by atoms with Gasteiger partial charge in [0.1, 0.15) is 4.95 Å². The van der Waals surface area contributed by atoms with E-state index in [9.17, 15) is 0 Å². The molecule has 0 radical (unpaired) electrons. The fourth-order valence-electron chi connectivity index (χ4n) is 2.01. The molecule has 4 nitrogen and oxygen atoms in total. The number of alkyl halides is 1. The summed E-state index contributed by atoms with van der Waals surface area (Å²) in [4.78, 5) is 11.1. The SMILES string of the molecule is BrC1CN(Cc2c[nH]cn2)c2ccccc2SN1Br. The summed E-state index contributed by atoms with van der Waals surface area (Å²) in [5.41, 5.74) is 2.28. The molecule has 0 bridgehead atoms. The highest BCUT2D eigenvalue weighted by Gasteiger charge is 2.25. The lowest BCUT2D eigenvalue weighted by atomic mass is 10.2. The van der Waals surface area contributed by atoms with Crippen molar-refractivity contribution in [3.05, 3.63) is 42.5 Å². The summed E-state index contributed by atoms with van der Waals surface area (Å²) in [6.07, 6.45) is 3.66. The van der Waals surface area contributed by atoms with E-state index in [0.29, 0.717) is 0 Å². The third-order valence-corrected chi connectivity index (χ3v) is 6.31. The van der Waals surface area contributed by atoms with Crippen molar-refractivity contribution in [3.63, 3.8) is 0 Å². The summed E-state index contributed by atoms with van der Waals surface area (Å²) >= 11 is 8.97. The van der Waals surface area contributed by atoms with Crippen molar-refractivity contribution in [1.82, 2.24) is 13.3 Å². The average Bonchev–Trinajstić information content (AvgIpc) is 2.87. The number of hydrogen-bond acceptors (Lipinski definition) is 4. The lowest BCUT2D eigenvalue weighted by Gasteiger charge is -2.25. The number of nitrogens with zero attached hydrogens (tertiary/aromatic N) is 3. The monoisotopic (exact) mass is 402 g/mol. The van der Waals surface area contributed by atoms with Crippen molar-refractivity contribution in [1.29, 1.82) is 0 Å². The Hall–Kier alpha value is -0.500. The van der Waals surface area contributed by atoms with Gasteiger partial charge < -0.3 is 9.88 Å². The highest BCUT2D eigenvalue weighted by molar-refractivity contribution is 9.12. The van der Waals surface area contributed by atoms with Gasteiger partial charge in [0.05, 0.1) is 24.3 Å². The van der Waals surface area contributed by atoms with Crippen molar-refractivity contribution in [2.45, 2.75) is 16.4 Å². The van der Waals surface area contributed by atoms with Gasteiger partial charge in [0.2, 0.25) is 0 Å². The van der Waals surface area contributed by atoms with Crippen LogP contribution in [0.1, 0.15) is 5.69 Å². The first kappa shape index (κ1) is 13.5. The number of anilines is 1. The third-order valence-electron chi connectivity index (χ3n) is 2.89. The molecular weight excluding hydrogens is 392 g/mol. The maximum Gasteiger partial charge on any atom is 0.105 e. The predicted molar refractivity (Wildman–Crippen MR) is 85.4 cm³/mol. The van der Waals surface area contributed by atoms with Crippen LogP contribution < -0.4 is 4.90 Å². The Morgan fingerprint density at radius 1 is 1.42 bits per heavy atom. The first-order chi connectivity index (χ1) is 9.24. The summed E-state index contributed by atoms with van der Waals surface area (Å²) in [6, 6.07) is 8.43. The minimum atomic E-state index is 0.226. The van der Waals surface area contributed by atoms with Crippen LogP contribution in [0.25, 0.3) is 0 Å². The number of benzene rings is 1. The van der Waals surface area contributed by atoms with Gasteiger partial charge in [-0.25, -0.2) is 4.98 Å². The van der Waals surface area contributed by atoms with E-state index in [1.54, 1.807) is 18.3 Å². The number of halogens is 2. The van der Waals surface area contributed by atoms with Crippen molar-refractivity contribution >= 4 is 49.7 Å². The fraction of sp³-hybridized carbons (Fsp3) is 0.250. The van der Waals surface area contributed by atoms with E-state index in [-0.39, 0.29) is 4.95 Å². The molecule has 0 amide bonds. The fourth-order valence-corrected chi connectivity index (χ4v) is 4.01. The smallest absolute Gasteiger partial charge is 0.105 e. The standard InChI is InChI=1S/C12H12Br2N4S/c13-12-7-17(6-9-5-15-8-16-9)10-3-1-2-4-11(10)19-18(12)14/h1-5,8,12H,6-7H2,(H,15,16). The molecule has 1 aromatic heterocycles. The van der Waals surface area contributed by atoms with Crippen molar-refractivity contribution in [3.8, 4) is 0 Å². The van der Waals surface area contributed by atoms with E-state index in [0.717, 1.165) is 18.8 Å². The topological polar surface area (TPSA) is 35.2 Å². The molecule has 1 aromatic carbocycles. The van der Waals surface area contributed by atoms with Crippen LogP contribution in [-0.2, 0) is 6.54 Å². The van der Waals surface area contributed by atoms with E-state index in [1.165, 1.54) is 10.6 Å². The van der Waals surface area contributed by atoms with Gasteiger partial charge in [-0.15, -0.1) is 0 Å². The molecule has 1 aliphatic heterocycles. The third kappa shape index (κ3) is 2.99. The number of aromatic amines is 1.